The van der Waals surface area contributed by atoms with Gasteiger partial charge in [0.15, 0.2) is 0 Å². The zero-order valence-electron chi connectivity index (χ0n) is 21.8. The summed E-state index contributed by atoms with van der Waals surface area (Å²) in [6, 6.07) is 16.5. The molecular weight excluding hydrogens is 451 g/mol. The highest BCUT2D eigenvalue weighted by Crippen LogP contribution is 2.36. The second-order valence-electron chi connectivity index (χ2n) is 11.0. The van der Waals surface area contributed by atoms with E-state index >= 15 is 0 Å². The number of aromatic nitrogens is 2. The van der Waals surface area contributed by atoms with Crippen LogP contribution in [0, 0.1) is 0 Å². The molecule has 2 aliphatic rings. The van der Waals surface area contributed by atoms with Gasteiger partial charge in [0.05, 0.1) is 16.7 Å². The molecule has 2 fully saturated rings. The Morgan fingerprint density at radius 1 is 0.972 bits per heavy atom. The van der Waals surface area contributed by atoms with Gasteiger partial charge >= 0.3 is 7.12 Å². The van der Waals surface area contributed by atoms with Crippen molar-refractivity contribution in [3.63, 3.8) is 0 Å². The molecule has 2 aromatic carbocycles. The monoisotopic (exact) mass is 486 g/mol. The smallest absolute Gasteiger partial charge is 0.399 e. The minimum absolute atomic E-state index is 0.0626. The van der Waals surface area contributed by atoms with Crippen molar-refractivity contribution in [2.45, 2.75) is 83.6 Å². The van der Waals surface area contributed by atoms with Crippen molar-refractivity contribution >= 4 is 41.0 Å². The second-order valence-corrected chi connectivity index (χ2v) is 11.0. The number of hydrogen-bond acceptors (Lipinski definition) is 6. The third-order valence-electron chi connectivity index (χ3n) is 7.92. The molecule has 1 aliphatic heterocycles. The quantitative estimate of drug-likeness (QED) is 0.527. The first-order chi connectivity index (χ1) is 17.1. The lowest BCUT2D eigenvalue weighted by atomic mass is 9.79. The maximum Gasteiger partial charge on any atom is 0.494 e. The van der Waals surface area contributed by atoms with Gasteiger partial charge in [-0.15, -0.1) is 0 Å². The van der Waals surface area contributed by atoms with Crippen molar-refractivity contribution in [1.29, 1.82) is 0 Å². The van der Waals surface area contributed by atoms with Crippen LogP contribution in [0.2, 0.25) is 0 Å². The maximum atomic E-state index is 12.7. The molecule has 0 unspecified atom stereocenters. The Balaban J connectivity index is 1.23. The zero-order valence-corrected chi connectivity index (χ0v) is 21.8. The fraction of sp³-hybridized carbons (Fsp3) is 0.464. The van der Waals surface area contributed by atoms with E-state index in [1.165, 1.54) is 0 Å². The average Bonchev–Trinajstić information content (AvgIpc) is 3.07. The van der Waals surface area contributed by atoms with Crippen LogP contribution in [0.3, 0.4) is 0 Å². The van der Waals surface area contributed by atoms with Gasteiger partial charge in [-0.25, -0.2) is 9.97 Å². The van der Waals surface area contributed by atoms with Gasteiger partial charge in [0.1, 0.15) is 0 Å². The Morgan fingerprint density at radius 2 is 1.61 bits per heavy atom. The number of anilines is 2. The van der Waals surface area contributed by atoms with Gasteiger partial charge in [-0.2, -0.15) is 0 Å². The molecule has 1 amide bonds. The lowest BCUT2D eigenvalue weighted by Gasteiger charge is -2.36. The maximum absolute atomic E-state index is 12.7. The van der Waals surface area contributed by atoms with Gasteiger partial charge in [-0.05, 0) is 77.0 Å². The number of benzene rings is 2. The van der Waals surface area contributed by atoms with Crippen LogP contribution in [0.1, 0.15) is 60.3 Å². The standard InChI is InChI=1S/C28H35BN4O3/c1-19(34)33(23-14-10-21(11-15-23)29-35-27(2,3)28(4,5)36-29)24-16-12-22(13-17-24)31-26-30-18-20-8-6-7-9-25(20)32-26/h6-11,14-15,18,22,24H,12-13,16-17H2,1-5H3,(H,30,31,32). The van der Waals surface area contributed by atoms with Gasteiger partial charge in [-0.1, -0.05) is 30.3 Å². The molecule has 0 atom stereocenters. The normalized spacial score (nSPS) is 23.0. The number of nitrogens with one attached hydrogen (secondary N) is 1. The van der Waals surface area contributed by atoms with Crippen molar-refractivity contribution < 1.29 is 14.1 Å². The van der Waals surface area contributed by atoms with E-state index in [1.54, 1.807) is 6.92 Å². The number of carbonyl (C=O) groups is 1. The molecule has 7 nitrogen and oxygen atoms in total. The lowest BCUT2D eigenvalue weighted by molar-refractivity contribution is -0.117. The Labute approximate surface area is 213 Å². The van der Waals surface area contributed by atoms with Crippen LogP contribution in [0.4, 0.5) is 11.6 Å². The number of para-hydroxylation sites is 1. The molecule has 0 radical (unpaired) electrons. The second kappa shape index (κ2) is 9.49. The molecule has 1 N–H and O–H groups in total. The summed E-state index contributed by atoms with van der Waals surface area (Å²) in [6.07, 6.45) is 5.61. The van der Waals surface area contributed by atoms with Crippen molar-refractivity contribution in [2.24, 2.45) is 0 Å². The van der Waals surface area contributed by atoms with Gasteiger partial charge in [-0.3, -0.25) is 4.79 Å². The molecule has 36 heavy (non-hydrogen) atoms. The van der Waals surface area contributed by atoms with Crippen molar-refractivity contribution in [1.82, 2.24) is 9.97 Å². The number of rotatable bonds is 5. The minimum Gasteiger partial charge on any atom is -0.399 e. The molecule has 1 saturated heterocycles. The van der Waals surface area contributed by atoms with Crippen LogP contribution in [-0.2, 0) is 14.1 Å². The fourth-order valence-electron chi connectivity index (χ4n) is 5.12. The summed E-state index contributed by atoms with van der Waals surface area (Å²) in [4.78, 5) is 23.8. The van der Waals surface area contributed by atoms with Gasteiger partial charge in [0.2, 0.25) is 11.9 Å². The van der Waals surface area contributed by atoms with Crippen LogP contribution < -0.4 is 15.7 Å². The van der Waals surface area contributed by atoms with Crippen LogP contribution >= 0.6 is 0 Å². The summed E-state index contributed by atoms with van der Waals surface area (Å²) in [5.41, 5.74) is 2.05. The molecule has 5 rings (SSSR count). The predicted molar refractivity (Wildman–Crippen MR) is 145 cm³/mol. The van der Waals surface area contributed by atoms with Crippen LogP contribution in [-0.4, -0.2) is 46.3 Å². The molecule has 1 aromatic heterocycles. The largest absolute Gasteiger partial charge is 0.494 e. The van der Waals surface area contributed by atoms with E-state index in [0.29, 0.717) is 12.0 Å². The number of amides is 1. The molecule has 1 saturated carbocycles. The van der Waals surface area contributed by atoms with E-state index in [2.05, 4.69) is 43.0 Å². The van der Waals surface area contributed by atoms with Gasteiger partial charge in [0.25, 0.3) is 0 Å². The van der Waals surface area contributed by atoms with Crippen molar-refractivity contribution in [3.05, 3.63) is 54.7 Å². The van der Waals surface area contributed by atoms with Crippen LogP contribution in [0.15, 0.2) is 54.7 Å². The Kier molecular flexibility index (Phi) is 6.51. The van der Waals surface area contributed by atoms with E-state index < -0.39 is 7.12 Å². The summed E-state index contributed by atoms with van der Waals surface area (Å²) in [6.45, 7) is 9.86. The first kappa shape index (κ1) is 24.7. The summed E-state index contributed by atoms with van der Waals surface area (Å²) >= 11 is 0. The molecular formula is C28H35BN4O3. The van der Waals surface area contributed by atoms with E-state index in [9.17, 15) is 4.79 Å². The topological polar surface area (TPSA) is 76.6 Å². The van der Waals surface area contributed by atoms with Gasteiger partial charge < -0.3 is 19.5 Å². The van der Waals surface area contributed by atoms with Crippen LogP contribution in [0.5, 0.6) is 0 Å². The Hall–Kier alpha value is -2.97. The predicted octanol–water partition coefficient (Wildman–Crippen LogP) is 4.71. The summed E-state index contributed by atoms with van der Waals surface area (Å²) in [7, 11) is -0.409. The highest BCUT2D eigenvalue weighted by molar-refractivity contribution is 6.62. The number of carbonyl (C=O) groups excluding carboxylic acids is 1. The molecule has 8 heteroatoms. The molecule has 3 aromatic rings. The zero-order chi connectivity index (χ0) is 25.5. The van der Waals surface area contributed by atoms with E-state index in [4.69, 9.17) is 9.31 Å². The van der Waals surface area contributed by atoms with Crippen molar-refractivity contribution in [2.75, 3.05) is 10.2 Å². The highest BCUT2D eigenvalue weighted by Gasteiger charge is 2.51. The number of hydrogen-bond donors (Lipinski definition) is 1. The Morgan fingerprint density at radius 3 is 2.25 bits per heavy atom. The minimum atomic E-state index is -0.409. The van der Waals surface area contributed by atoms with E-state index in [-0.39, 0.29) is 23.2 Å². The van der Waals surface area contributed by atoms with E-state index in [1.807, 2.05) is 59.6 Å². The molecule has 1 aliphatic carbocycles. The third kappa shape index (κ3) is 4.84. The van der Waals surface area contributed by atoms with E-state index in [0.717, 1.165) is 47.7 Å². The lowest BCUT2D eigenvalue weighted by Crippen LogP contribution is -2.43. The SMILES string of the molecule is CC(=O)N(c1ccc(B2OC(C)(C)C(C)(C)O2)cc1)C1CCC(Nc2ncc3ccccc3n2)CC1. The first-order valence-electron chi connectivity index (χ1n) is 12.9. The first-order valence-corrected chi connectivity index (χ1v) is 12.9. The molecule has 0 spiro atoms. The summed E-state index contributed by atoms with van der Waals surface area (Å²) in [5, 5.41) is 4.54. The molecule has 188 valence electrons. The summed E-state index contributed by atoms with van der Waals surface area (Å²) < 4.78 is 12.4. The molecule has 2 heterocycles. The van der Waals surface area contributed by atoms with Crippen LogP contribution in [0.25, 0.3) is 10.9 Å². The number of fused-ring (bicyclic) bond motifs is 1. The third-order valence-corrected chi connectivity index (χ3v) is 7.92. The van der Waals surface area contributed by atoms with Crippen molar-refractivity contribution in [3.8, 4) is 0 Å². The average molecular weight is 486 g/mol. The molecule has 0 bridgehead atoms. The Bertz CT molecular complexity index is 1220. The van der Waals surface area contributed by atoms with Gasteiger partial charge in [0, 0.05) is 36.3 Å². The number of nitrogens with zero attached hydrogens (tertiary/aromatic N) is 3. The summed E-state index contributed by atoms with van der Waals surface area (Å²) in [5.74, 6) is 0.728. The highest BCUT2D eigenvalue weighted by atomic mass is 16.7. The fourth-order valence-corrected chi connectivity index (χ4v) is 5.12.